The van der Waals surface area contributed by atoms with Gasteiger partial charge in [-0.1, -0.05) is 30.3 Å². The summed E-state index contributed by atoms with van der Waals surface area (Å²) in [7, 11) is 0. The minimum absolute atomic E-state index is 0.135. The van der Waals surface area contributed by atoms with Crippen molar-refractivity contribution in [3.8, 4) is 0 Å². The van der Waals surface area contributed by atoms with Gasteiger partial charge < -0.3 is 10.2 Å². The van der Waals surface area contributed by atoms with Crippen LogP contribution in [-0.4, -0.2) is 32.4 Å². The molecule has 3 aromatic heterocycles. The molecule has 32 heavy (non-hydrogen) atoms. The minimum atomic E-state index is -0.642. The molecule has 0 radical (unpaired) electrons. The van der Waals surface area contributed by atoms with Gasteiger partial charge in [0.15, 0.2) is 0 Å². The summed E-state index contributed by atoms with van der Waals surface area (Å²) in [4.78, 5) is 51.1. The lowest BCUT2D eigenvalue weighted by Crippen LogP contribution is -2.31. The van der Waals surface area contributed by atoms with E-state index in [1.165, 1.54) is 23.4 Å². The Balaban J connectivity index is 1.25. The number of aromatic amines is 2. The lowest BCUT2D eigenvalue weighted by molar-refractivity contribution is 0.0950. The zero-order valence-electron chi connectivity index (χ0n) is 17.1. The third kappa shape index (κ3) is 3.87. The molecule has 1 amide bonds. The van der Waals surface area contributed by atoms with Gasteiger partial charge in [0, 0.05) is 32.0 Å². The number of anilines is 1. The van der Waals surface area contributed by atoms with Crippen LogP contribution >= 0.6 is 0 Å². The first kappa shape index (κ1) is 19.7. The van der Waals surface area contributed by atoms with E-state index in [9.17, 15) is 14.4 Å². The second-order valence-corrected chi connectivity index (χ2v) is 7.68. The molecule has 9 nitrogen and oxygen atoms in total. The maximum atomic E-state index is 12.5. The van der Waals surface area contributed by atoms with Gasteiger partial charge in [0.05, 0.1) is 10.9 Å². The van der Waals surface area contributed by atoms with Crippen LogP contribution in [0.15, 0.2) is 64.4 Å². The molecule has 1 aliphatic rings. The summed E-state index contributed by atoms with van der Waals surface area (Å²) >= 11 is 0. The van der Waals surface area contributed by atoms with Crippen LogP contribution in [0.4, 0.5) is 5.82 Å². The number of hydrogen-bond donors (Lipinski definition) is 3. The van der Waals surface area contributed by atoms with Gasteiger partial charge in [-0.2, -0.15) is 0 Å². The van der Waals surface area contributed by atoms with E-state index < -0.39 is 11.2 Å². The van der Waals surface area contributed by atoms with Crippen molar-refractivity contribution >= 4 is 22.8 Å². The highest BCUT2D eigenvalue weighted by atomic mass is 16.2. The Kier molecular flexibility index (Phi) is 4.98. The van der Waals surface area contributed by atoms with Crippen LogP contribution < -0.4 is 21.5 Å². The summed E-state index contributed by atoms with van der Waals surface area (Å²) in [6.45, 7) is 2.03. The van der Waals surface area contributed by atoms with Crippen molar-refractivity contribution in [3.05, 3.63) is 98.0 Å². The Bertz CT molecular complexity index is 1420. The zero-order valence-corrected chi connectivity index (χ0v) is 17.1. The van der Waals surface area contributed by atoms with Gasteiger partial charge >= 0.3 is 5.69 Å². The van der Waals surface area contributed by atoms with Crippen molar-refractivity contribution in [2.45, 2.75) is 19.5 Å². The number of amides is 1. The zero-order chi connectivity index (χ0) is 22.1. The highest BCUT2D eigenvalue weighted by Gasteiger charge is 2.17. The number of benzene rings is 1. The normalized spacial score (nSPS) is 13.1. The molecule has 0 spiro atoms. The lowest BCUT2D eigenvalue weighted by atomic mass is 10.00. The fraction of sp³-hybridized carbons (Fsp3) is 0.174. The van der Waals surface area contributed by atoms with Crippen molar-refractivity contribution in [3.63, 3.8) is 0 Å². The highest BCUT2D eigenvalue weighted by molar-refractivity contribution is 5.96. The molecule has 1 aromatic carbocycles. The summed E-state index contributed by atoms with van der Waals surface area (Å²) in [5.41, 5.74) is 2.70. The van der Waals surface area contributed by atoms with Gasteiger partial charge in [-0.25, -0.2) is 14.8 Å². The van der Waals surface area contributed by atoms with Crippen LogP contribution in [0.2, 0.25) is 0 Å². The van der Waals surface area contributed by atoms with E-state index >= 15 is 0 Å². The molecular weight excluding hydrogens is 408 g/mol. The molecule has 1 aliphatic heterocycles. The van der Waals surface area contributed by atoms with Gasteiger partial charge in [0.2, 0.25) is 0 Å². The van der Waals surface area contributed by atoms with Gasteiger partial charge in [-0.05, 0) is 35.2 Å². The SMILES string of the molecule is O=C(NCc1ccc(N2CCc3ccccc3C2)nc1)c1cnc2[nH]c(=O)[nH]c(=O)c2c1. The van der Waals surface area contributed by atoms with Gasteiger partial charge in [-0.3, -0.25) is 19.6 Å². The molecule has 0 saturated heterocycles. The maximum absolute atomic E-state index is 12.5. The smallest absolute Gasteiger partial charge is 0.327 e. The van der Waals surface area contributed by atoms with E-state index in [1.807, 2.05) is 12.1 Å². The quantitative estimate of drug-likeness (QED) is 0.453. The molecule has 3 N–H and O–H groups in total. The monoisotopic (exact) mass is 428 g/mol. The van der Waals surface area contributed by atoms with Crippen LogP contribution in [0.5, 0.6) is 0 Å². The largest absolute Gasteiger partial charge is 0.352 e. The fourth-order valence-electron chi connectivity index (χ4n) is 3.85. The second-order valence-electron chi connectivity index (χ2n) is 7.68. The maximum Gasteiger partial charge on any atom is 0.327 e. The predicted octanol–water partition coefficient (Wildman–Crippen LogP) is 1.50. The van der Waals surface area contributed by atoms with E-state index in [1.54, 1.807) is 6.20 Å². The number of fused-ring (bicyclic) bond motifs is 2. The number of nitrogens with one attached hydrogen (secondary N) is 3. The highest BCUT2D eigenvalue weighted by Crippen LogP contribution is 2.23. The number of rotatable bonds is 4. The molecule has 5 rings (SSSR count). The molecule has 0 unspecified atom stereocenters. The van der Waals surface area contributed by atoms with Crippen LogP contribution in [0.1, 0.15) is 27.0 Å². The summed E-state index contributed by atoms with van der Waals surface area (Å²) in [5, 5.41) is 2.95. The minimum Gasteiger partial charge on any atom is -0.352 e. The Morgan fingerprint density at radius 3 is 2.69 bits per heavy atom. The first-order valence-corrected chi connectivity index (χ1v) is 10.2. The number of carbonyl (C=O) groups excluding carboxylic acids is 1. The molecule has 9 heteroatoms. The van der Waals surface area contributed by atoms with Gasteiger partial charge in [0.1, 0.15) is 11.5 Å². The number of aromatic nitrogens is 4. The molecule has 4 heterocycles. The summed E-state index contributed by atoms with van der Waals surface area (Å²) < 4.78 is 0. The number of H-pyrrole nitrogens is 2. The van der Waals surface area contributed by atoms with E-state index in [0.717, 1.165) is 30.9 Å². The van der Waals surface area contributed by atoms with Crippen molar-refractivity contribution < 1.29 is 4.79 Å². The molecule has 0 atom stereocenters. The third-order valence-electron chi connectivity index (χ3n) is 5.57. The molecule has 160 valence electrons. The molecule has 4 aromatic rings. The van der Waals surface area contributed by atoms with Crippen molar-refractivity contribution in [2.75, 3.05) is 11.4 Å². The van der Waals surface area contributed by atoms with E-state index in [0.29, 0.717) is 0 Å². The Morgan fingerprint density at radius 1 is 1.03 bits per heavy atom. The summed E-state index contributed by atoms with van der Waals surface area (Å²) in [5.74, 6) is 0.531. The summed E-state index contributed by atoms with van der Waals surface area (Å²) in [6, 6.07) is 13.8. The first-order chi connectivity index (χ1) is 15.6. The topological polar surface area (TPSA) is 124 Å². The van der Waals surface area contributed by atoms with Crippen LogP contribution in [0.3, 0.4) is 0 Å². The molecule has 0 fully saturated rings. The van der Waals surface area contributed by atoms with E-state index in [2.05, 4.69) is 54.4 Å². The van der Waals surface area contributed by atoms with Crippen molar-refractivity contribution in [1.29, 1.82) is 0 Å². The van der Waals surface area contributed by atoms with Gasteiger partial charge in [-0.15, -0.1) is 0 Å². The Labute approximate surface area is 182 Å². The number of carbonyl (C=O) groups is 1. The van der Waals surface area contributed by atoms with E-state index in [4.69, 9.17) is 0 Å². The molecular formula is C23H20N6O3. The van der Waals surface area contributed by atoms with Crippen LogP contribution in [0, 0.1) is 0 Å². The van der Waals surface area contributed by atoms with Gasteiger partial charge in [0.25, 0.3) is 11.5 Å². The number of hydrogen-bond acceptors (Lipinski definition) is 6. The molecule has 0 saturated carbocycles. The van der Waals surface area contributed by atoms with E-state index in [-0.39, 0.29) is 29.0 Å². The van der Waals surface area contributed by atoms with Crippen LogP contribution in [0.25, 0.3) is 11.0 Å². The second kappa shape index (κ2) is 8.10. The standard InChI is InChI=1S/C23H20N6O3/c30-21(17-9-18-20(25-12-17)27-23(32)28-22(18)31)26-11-14-5-6-19(24-10-14)29-8-7-15-3-1-2-4-16(15)13-29/h1-6,9-10,12H,7-8,11,13H2,(H,26,30)(H2,25,27,28,31,32). The third-order valence-corrected chi connectivity index (χ3v) is 5.57. The first-order valence-electron chi connectivity index (χ1n) is 10.2. The Hall–Kier alpha value is -4.27. The predicted molar refractivity (Wildman–Crippen MR) is 120 cm³/mol. The van der Waals surface area contributed by atoms with Crippen molar-refractivity contribution in [2.24, 2.45) is 0 Å². The average Bonchev–Trinajstić information content (AvgIpc) is 2.82. The number of nitrogens with zero attached hydrogens (tertiary/aromatic N) is 3. The summed E-state index contributed by atoms with van der Waals surface area (Å²) in [6.07, 6.45) is 4.07. The lowest BCUT2D eigenvalue weighted by Gasteiger charge is -2.29. The Morgan fingerprint density at radius 2 is 1.88 bits per heavy atom. The molecule has 0 bridgehead atoms. The number of pyridine rings is 2. The van der Waals surface area contributed by atoms with Crippen LogP contribution in [-0.2, 0) is 19.5 Å². The fourth-order valence-corrected chi connectivity index (χ4v) is 3.85. The van der Waals surface area contributed by atoms with Crippen molar-refractivity contribution in [1.82, 2.24) is 25.3 Å². The molecule has 0 aliphatic carbocycles. The average molecular weight is 428 g/mol.